The summed E-state index contributed by atoms with van der Waals surface area (Å²) in [5, 5.41) is 0. The van der Waals surface area contributed by atoms with Crippen LogP contribution in [-0.2, 0) is 28.6 Å². The predicted octanol–water partition coefficient (Wildman–Crippen LogP) is 16.9. The highest BCUT2D eigenvalue weighted by molar-refractivity contribution is 5.71. The lowest BCUT2D eigenvalue weighted by Crippen LogP contribution is -2.30. The molecule has 0 radical (unpaired) electrons. The van der Waals surface area contributed by atoms with E-state index in [9.17, 15) is 14.4 Å². The van der Waals surface area contributed by atoms with E-state index in [0.29, 0.717) is 19.3 Å². The Kier molecular flexibility index (Phi) is 47.4. The van der Waals surface area contributed by atoms with Crippen LogP contribution in [0.2, 0.25) is 0 Å². The molecule has 0 N–H and O–H groups in total. The number of ether oxygens (including phenoxy) is 3. The molecule has 0 heterocycles. The van der Waals surface area contributed by atoms with Crippen molar-refractivity contribution in [2.24, 2.45) is 0 Å². The van der Waals surface area contributed by atoms with Gasteiger partial charge in [-0.15, -0.1) is 0 Å². The van der Waals surface area contributed by atoms with E-state index in [1.807, 2.05) is 0 Å². The van der Waals surface area contributed by atoms with Gasteiger partial charge in [-0.2, -0.15) is 0 Å². The van der Waals surface area contributed by atoms with Crippen LogP contribution in [0.4, 0.5) is 0 Å². The largest absolute Gasteiger partial charge is 0.462 e. The molecule has 61 heavy (non-hydrogen) atoms. The van der Waals surface area contributed by atoms with Crippen molar-refractivity contribution in [2.45, 2.75) is 258 Å². The van der Waals surface area contributed by atoms with E-state index < -0.39 is 6.10 Å². The number of hydrogen-bond acceptors (Lipinski definition) is 6. The molecule has 0 rings (SSSR count). The molecule has 0 amide bonds. The Balaban J connectivity index is 4.45. The first-order valence-corrected chi connectivity index (χ1v) is 25.8. The van der Waals surface area contributed by atoms with Crippen LogP contribution in [0.15, 0.2) is 60.8 Å². The van der Waals surface area contributed by atoms with Gasteiger partial charge < -0.3 is 14.2 Å². The molecule has 6 heteroatoms. The van der Waals surface area contributed by atoms with Crippen LogP contribution in [0.1, 0.15) is 252 Å². The van der Waals surface area contributed by atoms with Gasteiger partial charge in [0, 0.05) is 19.3 Å². The first-order valence-electron chi connectivity index (χ1n) is 25.8. The molecule has 1 atom stereocenters. The van der Waals surface area contributed by atoms with Gasteiger partial charge >= 0.3 is 17.9 Å². The molecular weight excluding hydrogens is 757 g/mol. The first kappa shape index (κ1) is 58.1. The van der Waals surface area contributed by atoms with E-state index in [1.54, 1.807) is 0 Å². The summed E-state index contributed by atoms with van der Waals surface area (Å²) < 4.78 is 16.7. The summed E-state index contributed by atoms with van der Waals surface area (Å²) in [6, 6.07) is 0. The Bertz CT molecular complexity index is 1120. The van der Waals surface area contributed by atoms with Gasteiger partial charge in [-0.1, -0.05) is 197 Å². The second-order valence-electron chi connectivity index (χ2n) is 17.1. The molecule has 0 aliphatic rings. The van der Waals surface area contributed by atoms with Gasteiger partial charge in [0.2, 0.25) is 0 Å². The first-order chi connectivity index (χ1) is 30.0. The highest BCUT2D eigenvalue weighted by atomic mass is 16.6. The lowest BCUT2D eigenvalue weighted by Gasteiger charge is -2.18. The summed E-state index contributed by atoms with van der Waals surface area (Å²) in [7, 11) is 0. The molecule has 0 aliphatic carbocycles. The molecule has 6 nitrogen and oxygen atoms in total. The minimum Gasteiger partial charge on any atom is -0.462 e. The standard InChI is InChI=1S/C55H96O6/c1-4-7-10-13-16-19-22-24-26-27-29-30-33-36-39-42-45-48-54(57)60-51-52(50-59-53(56)47-44-41-38-35-32-21-18-15-12-9-6-3)61-55(58)49-46-43-40-37-34-31-28-25-23-20-17-14-11-8-5-2/h15,18,20,23-24,26,29-30,36,39,52H,4-14,16-17,19,21-22,25,27-28,31-35,37-38,40-51H2,1-3H3/b18-15-,23-20-,26-24-,30-29-,39-36-. The lowest BCUT2D eigenvalue weighted by molar-refractivity contribution is -0.167. The van der Waals surface area contributed by atoms with Crippen LogP contribution in [-0.4, -0.2) is 37.2 Å². The molecule has 0 saturated carbocycles. The van der Waals surface area contributed by atoms with Crippen molar-refractivity contribution in [2.75, 3.05) is 13.2 Å². The molecule has 0 saturated heterocycles. The van der Waals surface area contributed by atoms with Crippen LogP contribution >= 0.6 is 0 Å². The van der Waals surface area contributed by atoms with E-state index >= 15 is 0 Å². The topological polar surface area (TPSA) is 78.9 Å². The normalized spacial score (nSPS) is 12.5. The summed E-state index contributed by atoms with van der Waals surface area (Å²) in [5.41, 5.74) is 0. The Labute approximate surface area is 377 Å². The SMILES string of the molecule is CCCC/C=C\CCCCCCCC(=O)OCC(COC(=O)CCC/C=C\C/C=C\C/C=C\CCCCCCCC)OC(=O)CCCCCCCCC/C=C\CCCCCC. The molecule has 0 aromatic carbocycles. The van der Waals surface area contributed by atoms with Crippen LogP contribution in [0.25, 0.3) is 0 Å². The zero-order valence-corrected chi connectivity index (χ0v) is 40.2. The molecule has 1 unspecified atom stereocenters. The second-order valence-corrected chi connectivity index (χ2v) is 17.1. The molecule has 0 aromatic heterocycles. The van der Waals surface area contributed by atoms with Gasteiger partial charge in [0.1, 0.15) is 13.2 Å². The third-order valence-electron chi connectivity index (χ3n) is 11.0. The van der Waals surface area contributed by atoms with Crippen molar-refractivity contribution in [1.29, 1.82) is 0 Å². The maximum absolute atomic E-state index is 12.8. The summed E-state index contributed by atoms with van der Waals surface area (Å²) >= 11 is 0. The molecular formula is C55H96O6. The highest BCUT2D eigenvalue weighted by Crippen LogP contribution is 2.14. The van der Waals surface area contributed by atoms with Crippen molar-refractivity contribution in [1.82, 2.24) is 0 Å². The summed E-state index contributed by atoms with van der Waals surface area (Å²) in [4.78, 5) is 37.9. The van der Waals surface area contributed by atoms with Crippen LogP contribution in [0.5, 0.6) is 0 Å². The zero-order chi connectivity index (χ0) is 44.4. The number of hydrogen-bond donors (Lipinski definition) is 0. The molecule has 0 spiro atoms. The van der Waals surface area contributed by atoms with Crippen molar-refractivity contribution >= 4 is 17.9 Å². The fourth-order valence-corrected chi connectivity index (χ4v) is 7.02. The van der Waals surface area contributed by atoms with E-state index in [-0.39, 0.29) is 37.5 Å². The predicted molar refractivity (Wildman–Crippen MR) is 261 cm³/mol. The number of unbranched alkanes of at least 4 members (excludes halogenated alkanes) is 25. The maximum atomic E-state index is 12.8. The fraction of sp³-hybridized carbons (Fsp3) is 0.764. The van der Waals surface area contributed by atoms with Gasteiger partial charge in [-0.3, -0.25) is 14.4 Å². The van der Waals surface area contributed by atoms with Gasteiger partial charge in [-0.25, -0.2) is 0 Å². The number of carbonyl (C=O) groups excluding carboxylic acids is 3. The average molecular weight is 853 g/mol. The van der Waals surface area contributed by atoms with E-state index in [1.165, 1.54) is 141 Å². The Morgan fingerprint density at radius 1 is 0.328 bits per heavy atom. The molecule has 0 aliphatic heterocycles. The van der Waals surface area contributed by atoms with Gasteiger partial charge in [0.25, 0.3) is 0 Å². The van der Waals surface area contributed by atoms with E-state index in [4.69, 9.17) is 14.2 Å². The van der Waals surface area contributed by atoms with Crippen molar-refractivity contribution in [3.8, 4) is 0 Å². The number of rotatable bonds is 46. The highest BCUT2D eigenvalue weighted by Gasteiger charge is 2.19. The minimum atomic E-state index is -0.798. The van der Waals surface area contributed by atoms with Crippen LogP contribution in [0.3, 0.4) is 0 Å². The van der Waals surface area contributed by atoms with Gasteiger partial charge in [0.05, 0.1) is 0 Å². The molecule has 352 valence electrons. The van der Waals surface area contributed by atoms with E-state index in [0.717, 1.165) is 64.2 Å². The Morgan fingerprint density at radius 3 is 1.07 bits per heavy atom. The second kappa shape index (κ2) is 49.8. The fourth-order valence-electron chi connectivity index (χ4n) is 7.02. The minimum absolute atomic E-state index is 0.0958. The van der Waals surface area contributed by atoms with Crippen molar-refractivity contribution < 1.29 is 28.6 Å². The molecule has 0 fully saturated rings. The number of carbonyl (C=O) groups is 3. The van der Waals surface area contributed by atoms with Crippen molar-refractivity contribution in [3.05, 3.63) is 60.8 Å². The Morgan fingerprint density at radius 2 is 0.623 bits per heavy atom. The van der Waals surface area contributed by atoms with Crippen LogP contribution < -0.4 is 0 Å². The molecule has 0 aromatic rings. The zero-order valence-electron chi connectivity index (χ0n) is 40.2. The maximum Gasteiger partial charge on any atom is 0.306 e. The number of allylic oxidation sites excluding steroid dienone is 10. The molecule has 0 bridgehead atoms. The van der Waals surface area contributed by atoms with Crippen molar-refractivity contribution in [3.63, 3.8) is 0 Å². The van der Waals surface area contributed by atoms with E-state index in [2.05, 4.69) is 81.5 Å². The number of esters is 3. The van der Waals surface area contributed by atoms with Gasteiger partial charge in [0.15, 0.2) is 6.10 Å². The average Bonchev–Trinajstić information content (AvgIpc) is 3.26. The summed E-state index contributed by atoms with van der Waals surface area (Å²) in [6.45, 7) is 6.53. The monoisotopic (exact) mass is 853 g/mol. The summed E-state index contributed by atoms with van der Waals surface area (Å²) in [6.07, 6.45) is 60.6. The Hall–Kier alpha value is -2.89. The summed E-state index contributed by atoms with van der Waals surface area (Å²) in [5.74, 6) is -0.961. The van der Waals surface area contributed by atoms with Gasteiger partial charge in [-0.05, 0) is 96.3 Å². The third-order valence-corrected chi connectivity index (χ3v) is 11.0. The van der Waals surface area contributed by atoms with Crippen LogP contribution in [0, 0.1) is 0 Å². The quantitative estimate of drug-likeness (QED) is 0.0263. The lowest BCUT2D eigenvalue weighted by atomic mass is 10.1. The third kappa shape index (κ3) is 48.0. The smallest absolute Gasteiger partial charge is 0.306 e.